The highest BCUT2D eigenvalue weighted by atomic mass is 16.2. The number of nitrogens with zero attached hydrogens (tertiary/aromatic N) is 2. The Morgan fingerprint density at radius 1 is 0.958 bits per heavy atom. The highest BCUT2D eigenvalue weighted by Crippen LogP contribution is 2.11. The fourth-order valence-corrected chi connectivity index (χ4v) is 2.17. The Labute approximate surface area is 145 Å². The standard InChI is InChI=1S/C18H30N4O2/c1-18(2,3)20-17(24)13-22(6)12-16(23)19-11-14-7-9-15(10-8-14)21(4)5/h7-10H,11-13H2,1-6H3,(H,19,23)(H,20,24). The van der Waals surface area contributed by atoms with Gasteiger partial charge in [0.2, 0.25) is 11.8 Å². The molecule has 1 aromatic rings. The monoisotopic (exact) mass is 334 g/mol. The molecule has 0 unspecified atom stereocenters. The van der Waals surface area contributed by atoms with E-state index in [0.717, 1.165) is 11.3 Å². The van der Waals surface area contributed by atoms with Crippen LogP contribution in [0, 0.1) is 0 Å². The number of amides is 2. The number of hydrogen-bond acceptors (Lipinski definition) is 4. The molecule has 1 aromatic carbocycles. The molecule has 2 N–H and O–H groups in total. The third-order valence-electron chi connectivity index (χ3n) is 3.28. The molecule has 0 heterocycles. The molecule has 0 aliphatic carbocycles. The number of nitrogens with one attached hydrogen (secondary N) is 2. The van der Waals surface area contributed by atoms with E-state index in [9.17, 15) is 9.59 Å². The number of hydrogen-bond donors (Lipinski definition) is 2. The topological polar surface area (TPSA) is 64.7 Å². The Morgan fingerprint density at radius 2 is 1.50 bits per heavy atom. The Morgan fingerprint density at radius 3 is 2.00 bits per heavy atom. The molecule has 134 valence electrons. The molecule has 0 atom stereocenters. The van der Waals surface area contributed by atoms with Crippen LogP contribution in [-0.2, 0) is 16.1 Å². The molecular weight excluding hydrogens is 304 g/mol. The van der Waals surface area contributed by atoms with Crippen molar-refractivity contribution in [2.24, 2.45) is 0 Å². The average Bonchev–Trinajstić information content (AvgIpc) is 2.43. The van der Waals surface area contributed by atoms with Crippen LogP contribution in [0.5, 0.6) is 0 Å². The number of carbonyl (C=O) groups excluding carboxylic acids is 2. The van der Waals surface area contributed by atoms with Gasteiger partial charge in [-0.25, -0.2) is 0 Å². The number of benzene rings is 1. The van der Waals surface area contributed by atoms with Gasteiger partial charge in [0.15, 0.2) is 0 Å². The second-order valence-corrected chi connectivity index (χ2v) is 7.31. The highest BCUT2D eigenvalue weighted by molar-refractivity contribution is 5.81. The Balaban J connectivity index is 2.36. The van der Waals surface area contributed by atoms with Crippen molar-refractivity contribution in [2.45, 2.75) is 32.9 Å². The molecule has 24 heavy (non-hydrogen) atoms. The van der Waals surface area contributed by atoms with Gasteiger partial charge < -0.3 is 15.5 Å². The minimum absolute atomic E-state index is 0.0860. The van der Waals surface area contributed by atoms with Crippen LogP contribution in [0.2, 0.25) is 0 Å². The highest BCUT2D eigenvalue weighted by Gasteiger charge is 2.16. The minimum atomic E-state index is -0.265. The summed E-state index contributed by atoms with van der Waals surface area (Å²) in [7, 11) is 5.73. The lowest BCUT2D eigenvalue weighted by Crippen LogP contribution is -2.46. The fraction of sp³-hybridized carbons (Fsp3) is 0.556. The summed E-state index contributed by atoms with van der Waals surface area (Å²) in [5, 5.41) is 5.75. The first kappa shape index (κ1) is 20.0. The Bertz CT molecular complexity index is 547. The minimum Gasteiger partial charge on any atom is -0.378 e. The van der Waals surface area contributed by atoms with Crippen molar-refractivity contribution in [3.8, 4) is 0 Å². The van der Waals surface area contributed by atoms with Crippen LogP contribution in [0.4, 0.5) is 5.69 Å². The van der Waals surface area contributed by atoms with Crippen molar-refractivity contribution in [1.82, 2.24) is 15.5 Å². The van der Waals surface area contributed by atoms with Crippen LogP contribution >= 0.6 is 0 Å². The van der Waals surface area contributed by atoms with Gasteiger partial charge >= 0.3 is 0 Å². The first-order valence-electron chi connectivity index (χ1n) is 8.09. The molecule has 0 aliphatic rings. The smallest absolute Gasteiger partial charge is 0.234 e. The van der Waals surface area contributed by atoms with Gasteiger partial charge in [-0.3, -0.25) is 14.5 Å². The van der Waals surface area contributed by atoms with Crippen molar-refractivity contribution < 1.29 is 9.59 Å². The predicted octanol–water partition coefficient (Wildman–Crippen LogP) is 1.22. The van der Waals surface area contributed by atoms with Gasteiger partial charge in [0, 0.05) is 31.9 Å². The van der Waals surface area contributed by atoms with E-state index in [-0.39, 0.29) is 30.4 Å². The van der Waals surface area contributed by atoms with E-state index in [0.29, 0.717) is 6.54 Å². The van der Waals surface area contributed by atoms with Gasteiger partial charge in [-0.1, -0.05) is 12.1 Å². The largest absolute Gasteiger partial charge is 0.378 e. The molecule has 0 aliphatic heterocycles. The number of rotatable bonds is 7. The molecule has 0 saturated heterocycles. The molecule has 6 heteroatoms. The molecular formula is C18H30N4O2. The van der Waals surface area contributed by atoms with Crippen molar-refractivity contribution in [3.63, 3.8) is 0 Å². The summed E-state index contributed by atoms with van der Waals surface area (Å²) in [6, 6.07) is 8.03. The summed E-state index contributed by atoms with van der Waals surface area (Å²) >= 11 is 0. The fourth-order valence-electron chi connectivity index (χ4n) is 2.17. The van der Waals surface area contributed by atoms with Crippen molar-refractivity contribution in [2.75, 3.05) is 39.1 Å². The van der Waals surface area contributed by atoms with Gasteiger partial charge in [-0.15, -0.1) is 0 Å². The van der Waals surface area contributed by atoms with Crippen LogP contribution in [0.3, 0.4) is 0 Å². The predicted molar refractivity (Wildman–Crippen MR) is 98.0 cm³/mol. The second-order valence-electron chi connectivity index (χ2n) is 7.31. The molecule has 0 radical (unpaired) electrons. The molecule has 6 nitrogen and oxygen atoms in total. The Hall–Kier alpha value is -2.08. The third kappa shape index (κ3) is 7.97. The van der Waals surface area contributed by atoms with Gasteiger partial charge in [-0.05, 0) is 45.5 Å². The van der Waals surface area contributed by atoms with Gasteiger partial charge in [0.25, 0.3) is 0 Å². The van der Waals surface area contributed by atoms with Crippen LogP contribution in [0.25, 0.3) is 0 Å². The van der Waals surface area contributed by atoms with Gasteiger partial charge in [0.05, 0.1) is 13.1 Å². The SMILES string of the molecule is CN(CC(=O)NCc1ccc(N(C)C)cc1)CC(=O)NC(C)(C)C. The number of anilines is 1. The van der Waals surface area contributed by atoms with Gasteiger partial charge in [-0.2, -0.15) is 0 Å². The maximum absolute atomic E-state index is 12.0. The third-order valence-corrected chi connectivity index (χ3v) is 3.28. The summed E-state index contributed by atoms with van der Waals surface area (Å²) in [6.45, 7) is 6.65. The molecule has 1 rings (SSSR count). The zero-order chi connectivity index (χ0) is 18.3. The summed E-state index contributed by atoms with van der Waals surface area (Å²) < 4.78 is 0. The first-order chi connectivity index (χ1) is 11.1. The van der Waals surface area contributed by atoms with E-state index in [1.165, 1.54) is 0 Å². The van der Waals surface area contributed by atoms with E-state index in [1.807, 2.05) is 64.0 Å². The maximum Gasteiger partial charge on any atom is 0.234 e. The number of carbonyl (C=O) groups is 2. The lowest BCUT2D eigenvalue weighted by Gasteiger charge is -2.23. The quantitative estimate of drug-likeness (QED) is 0.787. The molecule has 2 amide bonds. The van der Waals surface area contributed by atoms with Crippen LogP contribution < -0.4 is 15.5 Å². The van der Waals surface area contributed by atoms with E-state index in [1.54, 1.807) is 11.9 Å². The molecule has 0 bridgehead atoms. The van der Waals surface area contributed by atoms with Crippen LogP contribution in [0.1, 0.15) is 26.3 Å². The lowest BCUT2D eigenvalue weighted by atomic mass is 10.1. The van der Waals surface area contributed by atoms with Crippen LogP contribution in [0.15, 0.2) is 24.3 Å². The van der Waals surface area contributed by atoms with Crippen molar-refractivity contribution in [3.05, 3.63) is 29.8 Å². The summed E-state index contributed by atoms with van der Waals surface area (Å²) in [6.07, 6.45) is 0. The zero-order valence-electron chi connectivity index (χ0n) is 15.6. The zero-order valence-corrected chi connectivity index (χ0v) is 15.6. The summed E-state index contributed by atoms with van der Waals surface area (Å²) in [4.78, 5) is 27.5. The second kappa shape index (κ2) is 8.68. The lowest BCUT2D eigenvalue weighted by molar-refractivity contribution is -0.125. The maximum atomic E-state index is 12.0. The van der Waals surface area contributed by atoms with Crippen molar-refractivity contribution >= 4 is 17.5 Å². The van der Waals surface area contributed by atoms with E-state index in [2.05, 4.69) is 10.6 Å². The average molecular weight is 334 g/mol. The van der Waals surface area contributed by atoms with Gasteiger partial charge in [0.1, 0.15) is 0 Å². The van der Waals surface area contributed by atoms with Crippen LogP contribution in [-0.4, -0.2) is 56.5 Å². The number of likely N-dealkylation sites (N-methyl/N-ethyl adjacent to an activating group) is 1. The summed E-state index contributed by atoms with van der Waals surface area (Å²) in [5.41, 5.74) is 1.90. The molecule has 0 spiro atoms. The first-order valence-corrected chi connectivity index (χ1v) is 8.09. The van der Waals surface area contributed by atoms with E-state index in [4.69, 9.17) is 0 Å². The summed E-state index contributed by atoms with van der Waals surface area (Å²) in [5.74, 6) is -0.185. The van der Waals surface area contributed by atoms with E-state index < -0.39 is 0 Å². The normalized spacial score (nSPS) is 11.3. The Kier molecular flexibility index (Phi) is 7.22. The molecule has 0 fully saturated rings. The molecule has 0 aromatic heterocycles. The molecule has 0 saturated carbocycles. The van der Waals surface area contributed by atoms with Crippen molar-refractivity contribution in [1.29, 1.82) is 0 Å². The van der Waals surface area contributed by atoms with E-state index >= 15 is 0 Å².